The molecule has 2 N–H and O–H groups in total. The number of aliphatic imine (C=N–C) groups is 1. The lowest BCUT2D eigenvalue weighted by Crippen LogP contribution is -2.44. The van der Waals surface area contributed by atoms with Crippen molar-refractivity contribution in [3.05, 3.63) is 47.5 Å². The Labute approximate surface area is 187 Å². The Morgan fingerprint density at radius 2 is 1.88 bits per heavy atom. The van der Waals surface area contributed by atoms with Gasteiger partial charge in [0.2, 0.25) is 5.75 Å². The SMILES string of the molecule is CCOc1c(OC)cc(CNC(=NC)NC2CCN(c3ccc(F)cc3F)C2)cc1OC. The van der Waals surface area contributed by atoms with Crippen molar-refractivity contribution in [2.75, 3.05) is 45.9 Å². The van der Waals surface area contributed by atoms with Gasteiger partial charge in [-0.25, -0.2) is 8.78 Å². The van der Waals surface area contributed by atoms with Crippen molar-refractivity contribution in [3.8, 4) is 17.2 Å². The Balaban J connectivity index is 1.61. The van der Waals surface area contributed by atoms with Gasteiger partial charge in [0.1, 0.15) is 11.6 Å². The van der Waals surface area contributed by atoms with Crippen LogP contribution in [-0.4, -0.2) is 53.0 Å². The monoisotopic (exact) mass is 448 g/mol. The van der Waals surface area contributed by atoms with Crippen molar-refractivity contribution in [2.24, 2.45) is 4.99 Å². The summed E-state index contributed by atoms with van der Waals surface area (Å²) in [6, 6.07) is 7.53. The van der Waals surface area contributed by atoms with Crippen LogP contribution in [0.2, 0.25) is 0 Å². The summed E-state index contributed by atoms with van der Waals surface area (Å²) >= 11 is 0. The standard InChI is InChI=1S/C23H30F2N4O3/c1-5-32-22-20(30-3)10-15(11-21(22)31-4)13-27-23(26-2)28-17-8-9-29(14-17)19-7-6-16(24)12-18(19)25/h6-7,10-12,17H,5,8-9,13-14H2,1-4H3,(H2,26,27,28). The van der Waals surface area contributed by atoms with Crippen molar-refractivity contribution in [1.82, 2.24) is 10.6 Å². The summed E-state index contributed by atoms with van der Waals surface area (Å²) < 4.78 is 43.8. The number of methoxy groups -OCH3 is 2. The Hall–Kier alpha value is -3.23. The van der Waals surface area contributed by atoms with Gasteiger partial charge < -0.3 is 29.7 Å². The highest BCUT2D eigenvalue weighted by Gasteiger charge is 2.25. The Morgan fingerprint density at radius 3 is 2.47 bits per heavy atom. The minimum atomic E-state index is -0.577. The number of ether oxygens (including phenoxy) is 3. The van der Waals surface area contributed by atoms with Crippen LogP contribution in [0.15, 0.2) is 35.3 Å². The molecule has 0 spiro atoms. The number of hydrogen-bond donors (Lipinski definition) is 2. The molecule has 0 amide bonds. The first-order chi connectivity index (χ1) is 15.5. The first-order valence-corrected chi connectivity index (χ1v) is 10.5. The van der Waals surface area contributed by atoms with Crippen LogP contribution in [0, 0.1) is 11.6 Å². The number of hydrogen-bond acceptors (Lipinski definition) is 5. The van der Waals surface area contributed by atoms with Gasteiger partial charge in [-0.3, -0.25) is 4.99 Å². The van der Waals surface area contributed by atoms with E-state index in [1.54, 1.807) is 21.3 Å². The van der Waals surface area contributed by atoms with Crippen LogP contribution in [0.3, 0.4) is 0 Å². The molecule has 1 unspecified atom stereocenters. The Bertz CT molecular complexity index is 930. The molecule has 0 saturated carbocycles. The average Bonchev–Trinajstić information content (AvgIpc) is 3.25. The summed E-state index contributed by atoms with van der Waals surface area (Å²) in [5.41, 5.74) is 1.35. The van der Waals surface area contributed by atoms with Crippen LogP contribution in [0.5, 0.6) is 17.2 Å². The van der Waals surface area contributed by atoms with Gasteiger partial charge in [-0.15, -0.1) is 0 Å². The Kier molecular flexibility index (Phi) is 7.97. The summed E-state index contributed by atoms with van der Waals surface area (Å²) in [5, 5.41) is 6.65. The molecule has 0 bridgehead atoms. The van der Waals surface area contributed by atoms with E-state index in [2.05, 4.69) is 15.6 Å². The first-order valence-electron chi connectivity index (χ1n) is 10.5. The zero-order valence-corrected chi connectivity index (χ0v) is 18.9. The lowest BCUT2D eigenvalue weighted by Gasteiger charge is -2.21. The van der Waals surface area contributed by atoms with Crippen LogP contribution in [0.1, 0.15) is 18.9 Å². The van der Waals surface area contributed by atoms with E-state index in [0.29, 0.717) is 55.1 Å². The molecule has 0 aromatic heterocycles. The molecule has 1 saturated heterocycles. The molecule has 1 heterocycles. The number of anilines is 1. The fourth-order valence-corrected chi connectivity index (χ4v) is 3.73. The first kappa shape index (κ1) is 23.4. The third-order valence-corrected chi connectivity index (χ3v) is 5.27. The number of rotatable bonds is 8. The molecule has 1 aliphatic heterocycles. The summed E-state index contributed by atoms with van der Waals surface area (Å²) in [7, 11) is 4.87. The van der Waals surface area contributed by atoms with Gasteiger partial charge >= 0.3 is 0 Å². The molecule has 0 radical (unpaired) electrons. The molecule has 174 valence electrons. The molecule has 1 fully saturated rings. The minimum absolute atomic E-state index is 0.0788. The van der Waals surface area contributed by atoms with Gasteiger partial charge in [-0.1, -0.05) is 0 Å². The highest BCUT2D eigenvalue weighted by atomic mass is 19.1. The molecule has 1 atom stereocenters. The van der Waals surface area contributed by atoms with Gasteiger partial charge in [0.05, 0.1) is 26.5 Å². The maximum Gasteiger partial charge on any atom is 0.203 e. The lowest BCUT2D eigenvalue weighted by atomic mass is 10.1. The predicted octanol–water partition coefficient (Wildman–Crippen LogP) is 3.32. The fourth-order valence-electron chi connectivity index (χ4n) is 3.73. The van der Waals surface area contributed by atoms with E-state index in [0.717, 1.165) is 18.1 Å². The molecule has 9 heteroatoms. The van der Waals surface area contributed by atoms with Gasteiger partial charge in [0, 0.05) is 38.8 Å². The second-order valence-electron chi connectivity index (χ2n) is 7.36. The zero-order chi connectivity index (χ0) is 23.1. The van der Waals surface area contributed by atoms with Crippen molar-refractivity contribution < 1.29 is 23.0 Å². The topological polar surface area (TPSA) is 67.4 Å². The van der Waals surface area contributed by atoms with Crippen LogP contribution >= 0.6 is 0 Å². The number of halogens is 2. The highest BCUT2D eigenvalue weighted by molar-refractivity contribution is 5.80. The molecule has 3 rings (SSSR count). The van der Waals surface area contributed by atoms with Gasteiger partial charge in [-0.2, -0.15) is 0 Å². The van der Waals surface area contributed by atoms with E-state index in [4.69, 9.17) is 14.2 Å². The second kappa shape index (κ2) is 10.9. The molecule has 0 aliphatic carbocycles. The molecule has 7 nitrogen and oxygen atoms in total. The predicted molar refractivity (Wildman–Crippen MR) is 121 cm³/mol. The molecule has 32 heavy (non-hydrogen) atoms. The van der Waals surface area contributed by atoms with Crippen molar-refractivity contribution >= 4 is 11.6 Å². The number of guanidine groups is 1. The van der Waals surface area contributed by atoms with Crippen LogP contribution in [0.4, 0.5) is 14.5 Å². The molecule has 1 aliphatic rings. The third kappa shape index (κ3) is 5.52. The molecular weight excluding hydrogens is 418 g/mol. The fraction of sp³-hybridized carbons (Fsp3) is 0.435. The van der Waals surface area contributed by atoms with Crippen LogP contribution in [0.25, 0.3) is 0 Å². The smallest absolute Gasteiger partial charge is 0.203 e. The van der Waals surface area contributed by atoms with Crippen molar-refractivity contribution in [2.45, 2.75) is 25.9 Å². The largest absolute Gasteiger partial charge is 0.493 e. The molecular formula is C23H30F2N4O3. The molecule has 2 aromatic carbocycles. The van der Waals surface area contributed by atoms with E-state index in [9.17, 15) is 8.78 Å². The summed E-state index contributed by atoms with van der Waals surface area (Å²) in [6.07, 6.45) is 0.808. The van der Waals surface area contributed by atoms with Crippen molar-refractivity contribution in [3.63, 3.8) is 0 Å². The minimum Gasteiger partial charge on any atom is -0.493 e. The number of nitrogens with one attached hydrogen (secondary N) is 2. The van der Waals surface area contributed by atoms with Crippen molar-refractivity contribution in [1.29, 1.82) is 0 Å². The van der Waals surface area contributed by atoms with Gasteiger partial charge in [-0.05, 0) is 43.2 Å². The van der Waals surface area contributed by atoms with E-state index in [-0.39, 0.29) is 6.04 Å². The normalized spacial score (nSPS) is 16.1. The third-order valence-electron chi connectivity index (χ3n) is 5.27. The quantitative estimate of drug-likeness (QED) is 0.477. The Morgan fingerprint density at radius 1 is 1.16 bits per heavy atom. The molecule has 2 aromatic rings. The van der Waals surface area contributed by atoms with Gasteiger partial charge in [0.25, 0.3) is 0 Å². The van der Waals surface area contributed by atoms with E-state index in [1.165, 1.54) is 12.1 Å². The second-order valence-corrected chi connectivity index (χ2v) is 7.36. The lowest BCUT2D eigenvalue weighted by molar-refractivity contribution is 0.288. The maximum absolute atomic E-state index is 14.1. The average molecular weight is 449 g/mol. The van der Waals surface area contributed by atoms with Crippen LogP contribution < -0.4 is 29.7 Å². The number of benzene rings is 2. The van der Waals surface area contributed by atoms with E-state index >= 15 is 0 Å². The maximum atomic E-state index is 14.1. The summed E-state index contributed by atoms with van der Waals surface area (Å²) in [6.45, 7) is 4.15. The highest BCUT2D eigenvalue weighted by Crippen LogP contribution is 2.38. The van der Waals surface area contributed by atoms with Gasteiger partial charge in [0.15, 0.2) is 17.5 Å². The summed E-state index contributed by atoms with van der Waals surface area (Å²) in [5.74, 6) is 1.27. The van der Waals surface area contributed by atoms with E-state index in [1.807, 2.05) is 24.0 Å². The van der Waals surface area contributed by atoms with Crippen LogP contribution in [-0.2, 0) is 6.54 Å². The van der Waals surface area contributed by atoms with E-state index < -0.39 is 11.6 Å². The number of nitrogens with zero attached hydrogens (tertiary/aromatic N) is 2. The summed E-state index contributed by atoms with van der Waals surface area (Å²) in [4.78, 5) is 6.20. The zero-order valence-electron chi connectivity index (χ0n) is 18.9.